The molecule has 0 radical (unpaired) electrons. The highest BCUT2D eigenvalue weighted by molar-refractivity contribution is 7.46. The summed E-state index contributed by atoms with van der Waals surface area (Å²) in [5.74, 6) is -1.17. The van der Waals surface area contributed by atoms with E-state index in [1.165, 1.54) is 0 Å². The largest absolute Gasteiger partial charge is 0.526 e. The van der Waals surface area contributed by atoms with E-state index in [2.05, 4.69) is 11.1 Å². The number of rotatable bonds is 4. The van der Waals surface area contributed by atoms with Crippen LogP contribution in [0.4, 0.5) is 0 Å². The minimum absolute atomic E-state index is 0.519. The first kappa shape index (κ1) is 11.3. The van der Waals surface area contributed by atoms with Crippen LogP contribution >= 0.6 is 7.82 Å². The molecule has 0 aliphatic carbocycles. The Labute approximate surface area is 68.7 Å². The first-order chi connectivity index (χ1) is 5.35. The predicted molar refractivity (Wildman–Crippen MR) is 39.0 cm³/mol. The van der Waals surface area contributed by atoms with E-state index in [0.29, 0.717) is 0 Å². The third-order valence-corrected chi connectivity index (χ3v) is 1.31. The van der Waals surface area contributed by atoms with Crippen LogP contribution in [0.25, 0.3) is 0 Å². The molecule has 0 spiro atoms. The lowest BCUT2D eigenvalue weighted by Crippen LogP contribution is -2.12. The molecule has 7 heteroatoms. The highest BCUT2D eigenvalue weighted by Crippen LogP contribution is 2.36. The third kappa shape index (κ3) is 6.06. The number of carbonyl (C=O) groups excluding carboxylic acids is 1. The van der Waals surface area contributed by atoms with Gasteiger partial charge in [0.2, 0.25) is 0 Å². The summed E-state index contributed by atoms with van der Waals surface area (Å²) in [6.45, 7) is 3.16. The summed E-state index contributed by atoms with van der Waals surface area (Å²) in [7, 11) is -4.78. The van der Waals surface area contributed by atoms with Crippen LogP contribution in [0.15, 0.2) is 12.7 Å². The van der Waals surface area contributed by atoms with Gasteiger partial charge < -0.3 is 9.63 Å². The lowest BCUT2D eigenvalue weighted by Gasteiger charge is -2.06. The van der Waals surface area contributed by atoms with Crippen molar-refractivity contribution in [1.82, 2.24) is 0 Å². The molecule has 0 aromatic rings. The fraction of sp³-hybridized carbons (Fsp3) is 0.400. The Balaban J connectivity index is 3.91. The summed E-state index contributed by atoms with van der Waals surface area (Å²) in [6.07, 6.45) is -0.612. The molecule has 12 heavy (non-hydrogen) atoms. The quantitative estimate of drug-likeness (QED) is 0.416. The maximum atomic E-state index is 10.5. The predicted octanol–water partition coefficient (Wildman–Crippen LogP) is -0.441. The zero-order valence-corrected chi connectivity index (χ0v) is 6.98. The molecule has 1 unspecified atom stereocenters. The standard InChI is InChI=1S/C5H9O6P/c1-2-4(6)3-5(7)11-12(8,9)10/h2,4,6H,1,3H2,(H2,8,9,10). The molecular formula is C5H9O6P. The van der Waals surface area contributed by atoms with Gasteiger partial charge in [0.05, 0.1) is 12.5 Å². The number of carbonyl (C=O) groups is 1. The maximum absolute atomic E-state index is 10.5. The summed E-state index contributed by atoms with van der Waals surface area (Å²) in [5.41, 5.74) is 0. The van der Waals surface area contributed by atoms with Crippen LogP contribution in [-0.4, -0.2) is 27.0 Å². The minimum Gasteiger partial charge on any atom is -0.388 e. The van der Waals surface area contributed by atoms with Crippen molar-refractivity contribution in [1.29, 1.82) is 0 Å². The topological polar surface area (TPSA) is 104 Å². The second kappa shape index (κ2) is 4.37. The third-order valence-electron chi connectivity index (χ3n) is 0.869. The minimum atomic E-state index is -4.78. The van der Waals surface area contributed by atoms with Gasteiger partial charge in [0, 0.05) is 0 Å². The molecule has 0 amide bonds. The van der Waals surface area contributed by atoms with E-state index in [1.807, 2.05) is 0 Å². The monoisotopic (exact) mass is 196 g/mol. The average molecular weight is 196 g/mol. The molecular weight excluding hydrogens is 187 g/mol. The highest BCUT2D eigenvalue weighted by Gasteiger charge is 2.21. The maximum Gasteiger partial charge on any atom is 0.526 e. The van der Waals surface area contributed by atoms with Crippen LogP contribution in [0.5, 0.6) is 0 Å². The van der Waals surface area contributed by atoms with E-state index < -0.39 is 26.3 Å². The van der Waals surface area contributed by atoms with Crippen molar-refractivity contribution in [3.05, 3.63) is 12.7 Å². The van der Waals surface area contributed by atoms with E-state index in [4.69, 9.17) is 14.9 Å². The van der Waals surface area contributed by atoms with Crippen LogP contribution in [-0.2, 0) is 13.9 Å². The number of hydrogen-bond acceptors (Lipinski definition) is 4. The molecule has 3 N–H and O–H groups in total. The van der Waals surface area contributed by atoms with E-state index >= 15 is 0 Å². The zero-order valence-electron chi connectivity index (χ0n) is 6.08. The lowest BCUT2D eigenvalue weighted by atomic mass is 10.2. The SMILES string of the molecule is C=CC(O)CC(=O)OP(=O)(O)O. The Morgan fingerprint density at radius 3 is 2.50 bits per heavy atom. The normalized spacial score (nSPS) is 13.6. The molecule has 70 valence electrons. The number of phosphoric acid groups is 1. The van der Waals surface area contributed by atoms with Crippen molar-refractivity contribution >= 4 is 13.8 Å². The number of phosphoric ester groups is 1. The molecule has 0 aromatic carbocycles. The van der Waals surface area contributed by atoms with Gasteiger partial charge in [-0.25, -0.2) is 4.57 Å². The summed E-state index contributed by atoms with van der Waals surface area (Å²) in [5, 5.41) is 8.75. The van der Waals surface area contributed by atoms with E-state index in [1.54, 1.807) is 0 Å². The van der Waals surface area contributed by atoms with Gasteiger partial charge in [0.25, 0.3) is 0 Å². The van der Waals surface area contributed by atoms with Crippen molar-refractivity contribution in [2.24, 2.45) is 0 Å². The highest BCUT2D eigenvalue weighted by atomic mass is 31.2. The van der Waals surface area contributed by atoms with E-state index in [-0.39, 0.29) is 0 Å². The molecule has 0 aliphatic rings. The number of aliphatic hydroxyl groups excluding tert-OH is 1. The van der Waals surface area contributed by atoms with E-state index in [0.717, 1.165) is 6.08 Å². The molecule has 0 saturated carbocycles. The fourth-order valence-corrected chi connectivity index (χ4v) is 0.764. The van der Waals surface area contributed by atoms with Crippen molar-refractivity contribution in [3.63, 3.8) is 0 Å². The van der Waals surface area contributed by atoms with Crippen molar-refractivity contribution in [3.8, 4) is 0 Å². The molecule has 0 aromatic heterocycles. The molecule has 0 rings (SSSR count). The summed E-state index contributed by atoms with van der Waals surface area (Å²) in [6, 6.07) is 0. The number of hydrogen-bond donors (Lipinski definition) is 3. The van der Waals surface area contributed by atoms with Crippen molar-refractivity contribution in [2.45, 2.75) is 12.5 Å². The van der Waals surface area contributed by atoms with Crippen LogP contribution in [0.1, 0.15) is 6.42 Å². The Morgan fingerprint density at radius 1 is 1.67 bits per heavy atom. The van der Waals surface area contributed by atoms with Gasteiger partial charge >= 0.3 is 13.8 Å². The summed E-state index contributed by atoms with van der Waals surface area (Å²) < 4.78 is 13.7. The Kier molecular flexibility index (Phi) is 4.12. The smallest absolute Gasteiger partial charge is 0.388 e. The van der Waals surface area contributed by atoms with Crippen molar-refractivity contribution < 1.29 is 28.8 Å². The second-order valence-electron chi connectivity index (χ2n) is 1.96. The molecule has 0 saturated heterocycles. The number of aliphatic hydroxyl groups is 1. The molecule has 1 atom stereocenters. The fourth-order valence-electron chi connectivity index (χ4n) is 0.424. The lowest BCUT2D eigenvalue weighted by molar-refractivity contribution is -0.137. The van der Waals surface area contributed by atoms with E-state index in [9.17, 15) is 9.36 Å². The van der Waals surface area contributed by atoms with Gasteiger partial charge in [-0.1, -0.05) is 6.08 Å². The summed E-state index contributed by atoms with van der Waals surface area (Å²) in [4.78, 5) is 26.8. The van der Waals surface area contributed by atoms with Gasteiger partial charge in [0.1, 0.15) is 0 Å². The first-order valence-electron chi connectivity index (χ1n) is 2.93. The molecule has 0 bridgehead atoms. The Bertz CT molecular complexity index is 218. The van der Waals surface area contributed by atoms with Crippen LogP contribution in [0, 0.1) is 0 Å². The van der Waals surface area contributed by atoms with Gasteiger partial charge in [-0.2, -0.15) is 0 Å². The van der Waals surface area contributed by atoms with Gasteiger partial charge in [-0.05, 0) is 0 Å². The average Bonchev–Trinajstić information content (AvgIpc) is 1.82. The van der Waals surface area contributed by atoms with Gasteiger partial charge in [-0.15, -0.1) is 6.58 Å². The van der Waals surface area contributed by atoms with Crippen LogP contribution in [0.2, 0.25) is 0 Å². The van der Waals surface area contributed by atoms with Crippen LogP contribution in [0.3, 0.4) is 0 Å². The molecule has 0 fully saturated rings. The molecule has 0 aliphatic heterocycles. The second-order valence-corrected chi connectivity index (χ2v) is 3.12. The first-order valence-corrected chi connectivity index (χ1v) is 4.47. The van der Waals surface area contributed by atoms with Gasteiger partial charge in [-0.3, -0.25) is 14.6 Å². The van der Waals surface area contributed by atoms with Crippen LogP contribution < -0.4 is 0 Å². The Hall–Kier alpha value is -0.680. The van der Waals surface area contributed by atoms with Gasteiger partial charge in [0.15, 0.2) is 0 Å². The van der Waals surface area contributed by atoms with Crippen molar-refractivity contribution in [2.75, 3.05) is 0 Å². The zero-order chi connectivity index (χ0) is 9.78. The molecule has 0 heterocycles. The molecule has 6 nitrogen and oxygen atoms in total. The Morgan fingerprint density at radius 2 is 2.17 bits per heavy atom. The summed E-state index contributed by atoms with van der Waals surface area (Å²) >= 11 is 0.